The van der Waals surface area contributed by atoms with E-state index in [-0.39, 0.29) is 16.4 Å². The number of nitrogens with two attached hydrogens (primary N) is 1. The molecular weight excluding hydrogens is 332 g/mol. The second-order valence-corrected chi connectivity index (χ2v) is 6.13. The molecule has 0 aliphatic heterocycles. The summed E-state index contributed by atoms with van der Waals surface area (Å²) in [6.45, 7) is 2.12. The van der Waals surface area contributed by atoms with Crippen LogP contribution < -0.4 is 10.5 Å². The molecule has 5 nitrogen and oxygen atoms in total. The molecular formula is C12H13BrN2O3S. The number of benzene rings is 1. The third-order valence-corrected chi connectivity index (χ3v) is 3.52. The fourth-order valence-electron chi connectivity index (χ4n) is 1.32. The van der Waals surface area contributed by atoms with Crippen molar-refractivity contribution in [2.75, 3.05) is 6.54 Å². The maximum absolute atomic E-state index is 11.8. The van der Waals surface area contributed by atoms with E-state index in [1.807, 2.05) is 0 Å². The van der Waals surface area contributed by atoms with Gasteiger partial charge in [-0.2, -0.15) is 0 Å². The molecule has 0 heterocycles. The van der Waals surface area contributed by atoms with Gasteiger partial charge in [0.1, 0.15) is 0 Å². The van der Waals surface area contributed by atoms with Crippen LogP contribution in [0.25, 0.3) is 0 Å². The molecule has 19 heavy (non-hydrogen) atoms. The molecule has 102 valence electrons. The molecule has 0 spiro atoms. The Bertz CT molecular complexity index is 645. The summed E-state index contributed by atoms with van der Waals surface area (Å²) in [6.07, 6.45) is 0.540. The highest BCUT2D eigenvalue weighted by Crippen LogP contribution is 2.18. The van der Waals surface area contributed by atoms with Crippen LogP contribution in [-0.4, -0.2) is 20.9 Å². The Kier molecular flexibility index (Phi) is 5.54. The number of carbonyl (C=O) groups excluding carboxylic acids is 1. The average molecular weight is 345 g/mol. The van der Waals surface area contributed by atoms with Gasteiger partial charge in [-0.3, -0.25) is 4.79 Å². The number of nitrogens with one attached hydrogen (secondary N) is 1. The Labute approximate surface area is 120 Å². The molecule has 1 aromatic rings. The lowest BCUT2D eigenvalue weighted by Crippen LogP contribution is -2.24. The Morgan fingerprint density at radius 2 is 2.11 bits per heavy atom. The molecule has 1 rings (SSSR count). The van der Waals surface area contributed by atoms with E-state index in [0.717, 1.165) is 0 Å². The van der Waals surface area contributed by atoms with Gasteiger partial charge in [-0.25, -0.2) is 13.6 Å². The number of primary sulfonamides is 1. The van der Waals surface area contributed by atoms with Gasteiger partial charge in [0.15, 0.2) is 0 Å². The highest BCUT2D eigenvalue weighted by atomic mass is 79.9. The van der Waals surface area contributed by atoms with Crippen molar-refractivity contribution in [2.45, 2.75) is 18.2 Å². The van der Waals surface area contributed by atoms with Gasteiger partial charge in [-0.1, -0.05) is 15.9 Å². The molecule has 0 saturated heterocycles. The molecule has 1 amide bonds. The molecule has 0 fully saturated rings. The predicted octanol–water partition coefficient (Wildman–Crippen LogP) is 1.24. The summed E-state index contributed by atoms with van der Waals surface area (Å²) in [5.41, 5.74) is 0.225. The van der Waals surface area contributed by atoms with Crippen molar-refractivity contribution in [1.82, 2.24) is 5.32 Å². The van der Waals surface area contributed by atoms with E-state index in [9.17, 15) is 13.2 Å². The number of rotatable bonds is 4. The first kappa shape index (κ1) is 15.7. The molecule has 0 aromatic heterocycles. The van der Waals surface area contributed by atoms with Crippen LogP contribution in [0.1, 0.15) is 23.7 Å². The minimum Gasteiger partial charge on any atom is -0.351 e. The van der Waals surface area contributed by atoms with Gasteiger partial charge < -0.3 is 5.32 Å². The Morgan fingerprint density at radius 1 is 1.42 bits per heavy atom. The highest BCUT2D eigenvalue weighted by molar-refractivity contribution is 9.10. The SMILES string of the molecule is CC#CCCNC(=O)c1cc(Br)cc(S(N)(=O)=O)c1. The second kappa shape index (κ2) is 6.70. The summed E-state index contributed by atoms with van der Waals surface area (Å²) < 4.78 is 23.0. The van der Waals surface area contributed by atoms with E-state index in [0.29, 0.717) is 17.4 Å². The molecule has 7 heteroatoms. The van der Waals surface area contributed by atoms with Crippen molar-refractivity contribution in [1.29, 1.82) is 0 Å². The second-order valence-electron chi connectivity index (χ2n) is 3.65. The largest absolute Gasteiger partial charge is 0.351 e. The summed E-state index contributed by atoms with van der Waals surface area (Å²) in [5, 5.41) is 7.68. The number of amides is 1. The van der Waals surface area contributed by atoms with E-state index in [2.05, 4.69) is 33.1 Å². The minimum absolute atomic E-state index is 0.111. The first-order valence-corrected chi connectivity index (χ1v) is 7.69. The fourth-order valence-corrected chi connectivity index (χ4v) is 2.55. The van der Waals surface area contributed by atoms with E-state index >= 15 is 0 Å². The molecule has 0 bridgehead atoms. The van der Waals surface area contributed by atoms with Crippen molar-refractivity contribution < 1.29 is 13.2 Å². The first-order chi connectivity index (χ1) is 8.84. The third-order valence-electron chi connectivity index (χ3n) is 2.17. The van der Waals surface area contributed by atoms with Crippen molar-refractivity contribution in [3.05, 3.63) is 28.2 Å². The van der Waals surface area contributed by atoms with Crippen LogP contribution in [0, 0.1) is 11.8 Å². The zero-order chi connectivity index (χ0) is 14.5. The van der Waals surface area contributed by atoms with E-state index in [4.69, 9.17) is 5.14 Å². The molecule has 0 atom stereocenters. The lowest BCUT2D eigenvalue weighted by molar-refractivity contribution is 0.0954. The quantitative estimate of drug-likeness (QED) is 0.636. The summed E-state index contributed by atoms with van der Waals surface area (Å²) in [4.78, 5) is 11.7. The fraction of sp³-hybridized carbons (Fsp3) is 0.250. The van der Waals surface area contributed by atoms with Crippen molar-refractivity contribution in [3.8, 4) is 11.8 Å². The van der Waals surface area contributed by atoms with Gasteiger partial charge >= 0.3 is 0 Å². The molecule has 0 unspecified atom stereocenters. The van der Waals surface area contributed by atoms with Crippen LogP contribution in [0.3, 0.4) is 0 Å². The van der Waals surface area contributed by atoms with Crippen LogP contribution in [0.2, 0.25) is 0 Å². The molecule has 0 radical (unpaired) electrons. The maximum atomic E-state index is 11.8. The van der Waals surface area contributed by atoms with Gasteiger partial charge in [-0.15, -0.1) is 11.8 Å². The van der Waals surface area contributed by atoms with Crippen LogP contribution >= 0.6 is 15.9 Å². The van der Waals surface area contributed by atoms with Crippen LogP contribution in [0.5, 0.6) is 0 Å². The lowest BCUT2D eigenvalue weighted by atomic mass is 10.2. The van der Waals surface area contributed by atoms with Crippen LogP contribution in [0.4, 0.5) is 0 Å². The monoisotopic (exact) mass is 344 g/mol. The normalized spacial score (nSPS) is 10.5. The molecule has 0 aliphatic rings. The van der Waals surface area contributed by atoms with Crippen molar-refractivity contribution in [3.63, 3.8) is 0 Å². The van der Waals surface area contributed by atoms with E-state index in [1.54, 1.807) is 6.92 Å². The van der Waals surface area contributed by atoms with Crippen LogP contribution in [-0.2, 0) is 10.0 Å². The third kappa shape index (κ3) is 5.03. The summed E-state index contributed by atoms with van der Waals surface area (Å²) in [6, 6.07) is 4.10. The smallest absolute Gasteiger partial charge is 0.251 e. The highest BCUT2D eigenvalue weighted by Gasteiger charge is 2.13. The van der Waals surface area contributed by atoms with Gasteiger partial charge in [0.2, 0.25) is 10.0 Å². The topological polar surface area (TPSA) is 89.3 Å². The van der Waals surface area contributed by atoms with Gasteiger partial charge in [0.05, 0.1) is 4.90 Å². The minimum atomic E-state index is -3.84. The maximum Gasteiger partial charge on any atom is 0.251 e. The first-order valence-electron chi connectivity index (χ1n) is 5.36. The Hall–Kier alpha value is -1.36. The number of hydrogen-bond acceptors (Lipinski definition) is 3. The molecule has 3 N–H and O–H groups in total. The zero-order valence-corrected chi connectivity index (χ0v) is 12.6. The van der Waals surface area contributed by atoms with E-state index in [1.165, 1.54) is 18.2 Å². The Balaban J connectivity index is 2.91. The standard InChI is InChI=1S/C12H13BrN2O3S/c1-2-3-4-5-15-12(16)9-6-10(13)8-11(7-9)19(14,17)18/h6-8H,4-5H2,1H3,(H,15,16)(H2,14,17,18). The number of halogens is 1. The molecule has 0 saturated carbocycles. The summed E-state index contributed by atoms with van der Waals surface area (Å²) in [5.74, 6) is 5.16. The average Bonchev–Trinajstić information content (AvgIpc) is 2.32. The zero-order valence-electron chi connectivity index (χ0n) is 10.2. The van der Waals surface area contributed by atoms with Gasteiger partial charge in [0.25, 0.3) is 5.91 Å². The van der Waals surface area contributed by atoms with Gasteiger partial charge in [0, 0.05) is 23.0 Å². The number of hydrogen-bond donors (Lipinski definition) is 2. The van der Waals surface area contributed by atoms with E-state index < -0.39 is 10.0 Å². The van der Waals surface area contributed by atoms with Crippen molar-refractivity contribution >= 4 is 31.9 Å². The molecule has 0 aliphatic carbocycles. The lowest BCUT2D eigenvalue weighted by Gasteiger charge is -2.06. The summed E-state index contributed by atoms with van der Waals surface area (Å²) >= 11 is 3.14. The predicted molar refractivity (Wildman–Crippen MR) is 75.9 cm³/mol. The number of sulfonamides is 1. The Morgan fingerprint density at radius 3 is 2.68 bits per heavy atom. The summed E-state index contributed by atoms with van der Waals surface area (Å²) in [7, 11) is -3.84. The van der Waals surface area contributed by atoms with Crippen molar-refractivity contribution in [2.24, 2.45) is 5.14 Å². The molecule has 1 aromatic carbocycles. The van der Waals surface area contributed by atoms with Gasteiger partial charge in [-0.05, 0) is 25.1 Å². The van der Waals surface area contributed by atoms with Crippen LogP contribution in [0.15, 0.2) is 27.6 Å². The number of carbonyl (C=O) groups is 1.